The number of carboxylic acid groups (broad SMARTS) is 1. The van der Waals surface area contributed by atoms with E-state index in [1.807, 2.05) is 19.9 Å². The summed E-state index contributed by atoms with van der Waals surface area (Å²) in [6, 6.07) is 1.58. The van der Waals surface area contributed by atoms with Gasteiger partial charge in [-0.15, -0.1) is 0 Å². The number of carboxylic acids is 1. The van der Waals surface area contributed by atoms with Gasteiger partial charge in [-0.25, -0.2) is 4.98 Å². The number of likely N-dealkylation sites (N-methyl/N-ethyl adjacent to an activating group) is 1. The highest BCUT2D eigenvalue weighted by atomic mass is 16.4. The summed E-state index contributed by atoms with van der Waals surface area (Å²) in [7, 11) is 0. The van der Waals surface area contributed by atoms with Crippen LogP contribution in [-0.4, -0.2) is 187 Å². The van der Waals surface area contributed by atoms with Crippen molar-refractivity contribution in [2.24, 2.45) is 28.3 Å². The van der Waals surface area contributed by atoms with E-state index >= 15 is 0 Å². The van der Waals surface area contributed by atoms with Crippen LogP contribution in [0.1, 0.15) is 110 Å². The average molecular weight is 1270 g/mol. The number of aliphatic imine (C=N–C) groups is 1. The first-order valence-electron chi connectivity index (χ1n) is 30.4. The number of phenols is 1. The third-order valence-electron chi connectivity index (χ3n) is 14.9. The Kier molecular flexibility index (Phi) is 28.2. The van der Waals surface area contributed by atoms with Crippen molar-refractivity contribution < 1.29 is 68.1 Å². The fourth-order valence-electron chi connectivity index (χ4n) is 10.5. The summed E-state index contributed by atoms with van der Waals surface area (Å²) < 4.78 is 0. The Bertz CT molecular complexity index is 3160. The van der Waals surface area contributed by atoms with Gasteiger partial charge >= 0.3 is 0 Å². The summed E-state index contributed by atoms with van der Waals surface area (Å²) in [5, 5.41) is 53.3. The molecule has 6 rings (SSSR count). The van der Waals surface area contributed by atoms with Gasteiger partial charge in [0.1, 0.15) is 60.1 Å². The molecule has 0 spiro atoms. The maximum absolute atomic E-state index is 14.7. The number of hydrogen-bond acceptors (Lipinski definition) is 15. The number of H-pyrrole nitrogens is 2. The van der Waals surface area contributed by atoms with Gasteiger partial charge in [-0.2, -0.15) is 0 Å². The van der Waals surface area contributed by atoms with Crippen molar-refractivity contribution in [3.05, 3.63) is 84.1 Å². The molecule has 2 aromatic carbocycles. The van der Waals surface area contributed by atoms with Crippen LogP contribution in [0.2, 0.25) is 0 Å². The maximum atomic E-state index is 14.7. The van der Waals surface area contributed by atoms with Crippen molar-refractivity contribution in [1.82, 2.24) is 67.7 Å². The number of aliphatic hydroxyl groups is 1. The monoisotopic (exact) mass is 1270 g/mol. The Balaban J connectivity index is 0.00000365. The number of guanidine groups is 1. The normalized spacial score (nSPS) is 16.7. The molecule has 4 aromatic rings. The molecule has 18 N–H and O–H groups in total. The van der Waals surface area contributed by atoms with Gasteiger partial charge < -0.3 is 89.5 Å². The SMILES string of the molecule is CC(=O)O.CCNC(=O)[C@@H]1CCCN1C(=O)[C@H](CCCN=C(N)N)NC(=O)[C@H](CC(C)C)NC(=O)[C@@H](CC(C)C)NC(=O)[C@@H](Cc1ccc(O)cc1)NC(=O)[C@H](CO)NC(=O)[C@H](Cc1c[nH]c2ccccc12)NC(=O)[C@H](Cc1cnc[nH]1)NC(=O)[C@@H]1CCC(=O)N1. The number of nitrogens with two attached hydrogens (primary N) is 2. The lowest BCUT2D eigenvalue weighted by Crippen LogP contribution is -2.61. The molecule has 496 valence electrons. The van der Waals surface area contributed by atoms with Gasteiger partial charge in [0, 0.05) is 81.2 Å². The maximum Gasteiger partial charge on any atom is 0.300 e. The standard InChI is InChI=1S/C59H84N16O12.C2H4O2/c1-6-63-57(86)48-14-10-22-75(48)58(87)41(13-9-21-64-59(60)61)68-51(80)42(23-32(2)3)69-52(81)43(24-33(4)5)70-53(82)44(25-34-15-17-37(77)18-16-34)71-56(85)47(30-76)74-54(83)45(26-35-28-65-39-12-8-7-11-38(35)39)72-55(84)46(27-36-29-62-31-66-36)73-50(79)40-19-20-49(78)67-40;1-2(3)4/h7-8,11-12,15-18,28-29,31-33,40-48,65,76-77H,6,9-10,13-14,19-27,30H2,1-5H3,(H,62,66)(H,63,86)(H,67,78)(H,68,80)(H,69,81)(H,70,82)(H,71,85)(H,72,84)(H,73,79)(H,74,83)(H4,60,61,64);1H3,(H,3,4)/t40-,41-,42-,43+,44+,45-,46-,47-,48-;/m0./s1. The van der Waals surface area contributed by atoms with Gasteiger partial charge in [0.25, 0.3) is 5.97 Å². The number of nitrogens with one attached hydrogen (secondary N) is 11. The minimum absolute atomic E-state index is 0.0397. The summed E-state index contributed by atoms with van der Waals surface area (Å²) in [6.45, 7) is 9.91. The van der Waals surface area contributed by atoms with E-state index in [2.05, 4.69) is 67.8 Å². The van der Waals surface area contributed by atoms with E-state index in [9.17, 15) is 58.2 Å². The highest BCUT2D eigenvalue weighted by Crippen LogP contribution is 2.22. The second-order valence-corrected chi connectivity index (χ2v) is 23.3. The molecule has 2 aliphatic rings. The Hall–Kier alpha value is -9.61. The minimum Gasteiger partial charge on any atom is -0.508 e. The number of imidazole rings is 1. The minimum atomic E-state index is -1.75. The van der Waals surface area contributed by atoms with Crippen molar-refractivity contribution in [1.29, 1.82) is 0 Å². The number of aliphatic hydroxyl groups excluding tert-OH is 1. The number of benzene rings is 2. The summed E-state index contributed by atoms with van der Waals surface area (Å²) in [5.41, 5.74) is 13.3. The third-order valence-corrected chi connectivity index (χ3v) is 14.9. The van der Waals surface area contributed by atoms with E-state index in [1.54, 1.807) is 45.2 Å². The van der Waals surface area contributed by atoms with E-state index in [0.29, 0.717) is 41.6 Å². The molecule has 0 aliphatic carbocycles. The molecule has 91 heavy (non-hydrogen) atoms. The number of aromatic hydroxyl groups is 1. The summed E-state index contributed by atoms with van der Waals surface area (Å²) in [4.78, 5) is 164. The number of amides is 10. The number of fused-ring (bicyclic) bond motifs is 1. The number of aromatic amines is 2. The zero-order valence-corrected chi connectivity index (χ0v) is 52.1. The van der Waals surface area contributed by atoms with E-state index < -0.39 is 114 Å². The molecule has 0 radical (unpaired) electrons. The average Bonchev–Trinajstić information content (AvgIpc) is 2.04. The molecular formula is C61H88N16O14. The van der Waals surface area contributed by atoms with Crippen LogP contribution in [0.4, 0.5) is 0 Å². The summed E-state index contributed by atoms with van der Waals surface area (Å²) in [6.07, 6.45) is 5.80. The molecule has 0 bridgehead atoms. The largest absolute Gasteiger partial charge is 0.508 e. The van der Waals surface area contributed by atoms with Crippen molar-refractivity contribution in [3.8, 4) is 5.75 Å². The Morgan fingerprint density at radius 2 is 1.25 bits per heavy atom. The predicted molar refractivity (Wildman–Crippen MR) is 333 cm³/mol. The van der Waals surface area contributed by atoms with Gasteiger partial charge in [-0.1, -0.05) is 58.0 Å². The predicted octanol–water partition coefficient (Wildman–Crippen LogP) is -1.35. The number of rotatable bonds is 32. The lowest BCUT2D eigenvalue weighted by atomic mass is 9.98. The van der Waals surface area contributed by atoms with Crippen LogP contribution in [0.15, 0.2) is 72.2 Å². The molecule has 2 aromatic heterocycles. The summed E-state index contributed by atoms with van der Waals surface area (Å²) in [5.74, 6) is -8.39. The lowest BCUT2D eigenvalue weighted by molar-refractivity contribution is -0.142. The van der Waals surface area contributed by atoms with E-state index in [1.165, 1.54) is 41.7 Å². The smallest absolute Gasteiger partial charge is 0.300 e. The quantitative estimate of drug-likeness (QED) is 0.0153. The van der Waals surface area contributed by atoms with Crippen LogP contribution in [0.5, 0.6) is 5.75 Å². The molecule has 2 aliphatic heterocycles. The molecule has 10 amide bonds. The zero-order chi connectivity index (χ0) is 66.9. The van der Waals surface area contributed by atoms with Gasteiger partial charge in [0.2, 0.25) is 59.1 Å². The lowest BCUT2D eigenvalue weighted by Gasteiger charge is -2.31. The highest BCUT2D eigenvalue weighted by Gasteiger charge is 2.40. The molecule has 4 heterocycles. The number of likely N-dealkylation sites (tertiary alicyclic amines) is 1. The number of carbonyl (C=O) groups is 11. The van der Waals surface area contributed by atoms with Crippen LogP contribution in [-0.2, 0) is 72.0 Å². The Morgan fingerprint density at radius 3 is 1.80 bits per heavy atom. The van der Waals surface area contributed by atoms with Crippen LogP contribution in [0, 0.1) is 11.8 Å². The Morgan fingerprint density at radius 1 is 0.703 bits per heavy atom. The molecule has 2 saturated heterocycles. The number of carbonyl (C=O) groups excluding carboxylic acids is 10. The van der Waals surface area contributed by atoms with E-state index in [-0.39, 0.29) is 106 Å². The van der Waals surface area contributed by atoms with Gasteiger partial charge in [0.05, 0.1) is 12.9 Å². The first kappa shape index (κ1) is 72.1. The van der Waals surface area contributed by atoms with Crippen molar-refractivity contribution in [2.75, 3.05) is 26.2 Å². The highest BCUT2D eigenvalue weighted by molar-refractivity contribution is 5.99. The van der Waals surface area contributed by atoms with Gasteiger partial charge in [0.15, 0.2) is 5.96 Å². The number of aliphatic carboxylic acids is 1. The first-order chi connectivity index (χ1) is 43.3. The Labute approximate surface area is 526 Å². The van der Waals surface area contributed by atoms with Crippen LogP contribution < -0.4 is 59.3 Å². The van der Waals surface area contributed by atoms with Crippen LogP contribution in [0.25, 0.3) is 10.9 Å². The molecule has 0 unspecified atom stereocenters. The molecular weight excluding hydrogens is 1180 g/mol. The number of para-hydroxylation sites is 1. The van der Waals surface area contributed by atoms with Crippen molar-refractivity contribution in [2.45, 2.75) is 167 Å². The van der Waals surface area contributed by atoms with Crippen LogP contribution >= 0.6 is 0 Å². The summed E-state index contributed by atoms with van der Waals surface area (Å²) >= 11 is 0. The van der Waals surface area contributed by atoms with E-state index in [4.69, 9.17) is 21.4 Å². The van der Waals surface area contributed by atoms with Crippen molar-refractivity contribution in [3.63, 3.8) is 0 Å². The molecule has 9 atom stereocenters. The topological polar surface area (TPSA) is 469 Å². The second kappa shape index (κ2) is 35.5. The molecule has 0 saturated carbocycles. The van der Waals surface area contributed by atoms with Crippen LogP contribution in [0.3, 0.4) is 0 Å². The zero-order valence-electron chi connectivity index (χ0n) is 52.1. The fraction of sp³-hybridized carbons (Fsp3) is 0.525. The van der Waals surface area contributed by atoms with E-state index in [0.717, 1.165) is 12.4 Å². The second-order valence-electron chi connectivity index (χ2n) is 23.3. The number of phenolic OH excluding ortho intramolecular Hbond substituents is 1. The number of hydrogen-bond donors (Lipinski definition) is 16. The van der Waals surface area contributed by atoms with Gasteiger partial charge in [-0.05, 0) is 93.0 Å². The van der Waals surface area contributed by atoms with Crippen molar-refractivity contribution >= 4 is 81.9 Å². The third kappa shape index (κ3) is 23.1. The molecule has 2 fully saturated rings. The first-order valence-corrected chi connectivity index (χ1v) is 30.4. The fourth-order valence-corrected chi connectivity index (χ4v) is 10.5. The number of aromatic nitrogens is 3. The molecule has 30 nitrogen and oxygen atoms in total. The van der Waals surface area contributed by atoms with Gasteiger partial charge in [-0.3, -0.25) is 57.7 Å². The number of nitrogens with zero attached hydrogens (tertiary/aromatic N) is 3. The molecule has 30 heteroatoms.